The van der Waals surface area contributed by atoms with Gasteiger partial charge in [0.2, 0.25) is 0 Å². The molecule has 0 aromatic heterocycles. The highest BCUT2D eigenvalue weighted by atomic mass is 31.2. The first-order valence-electron chi connectivity index (χ1n) is 24.5. The zero-order valence-electron chi connectivity index (χ0n) is 39.3. The van der Waals surface area contributed by atoms with E-state index in [9.17, 15) is 28.9 Å². The Morgan fingerprint density at radius 2 is 0.823 bits per heavy atom. The monoisotopic (exact) mass is 897 g/mol. The van der Waals surface area contributed by atoms with Crippen LogP contribution >= 0.6 is 7.82 Å². The second-order valence-corrected chi connectivity index (χ2v) is 17.7. The SMILES string of the molecule is CCC/C=C\C/C=C\CCCCCCCC(=O)OC(CO)COP(=O)(O)OCC(COC(=O)CCCCCCCCCCC)OC(=O)CCCCCCC/C=C\C/C=C\CCC. The molecule has 3 unspecified atom stereocenters. The summed E-state index contributed by atoms with van der Waals surface area (Å²) in [7, 11) is -4.74. The predicted octanol–water partition coefficient (Wildman–Crippen LogP) is 13.5. The van der Waals surface area contributed by atoms with Crippen LogP contribution in [-0.4, -0.2) is 66.5 Å². The lowest BCUT2D eigenvalue weighted by molar-refractivity contribution is -0.161. The van der Waals surface area contributed by atoms with Crippen molar-refractivity contribution in [3.05, 3.63) is 48.6 Å². The molecule has 0 heterocycles. The van der Waals surface area contributed by atoms with Gasteiger partial charge < -0.3 is 24.2 Å². The van der Waals surface area contributed by atoms with E-state index in [1.807, 2.05) is 0 Å². The molecule has 0 rings (SSSR count). The van der Waals surface area contributed by atoms with Crippen molar-refractivity contribution in [1.82, 2.24) is 0 Å². The third-order valence-corrected chi connectivity index (χ3v) is 11.1. The lowest BCUT2D eigenvalue weighted by Gasteiger charge is -2.21. The zero-order valence-corrected chi connectivity index (χ0v) is 40.2. The summed E-state index contributed by atoms with van der Waals surface area (Å²) in [4.78, 5) is 48.1. The fourth-order valence-electron chi connectivity index (χ4n) is 6.43. The number of unbranched alkanes of at least 4 members (excludes halogenated alkanes) is 20. The summed E-state index contributed by atoms with van der Waals surface area (Å²) in [5.74, 6) is -1.50. The summed E-state index contributed by atoms with van der Waals surface area (Å²) in [6.45, 7) is 4.44. The largest absolute Gasteiger partial charge is 0.472 e. The van der Waals surface area contributed by atoms with Gasteiger partial charge in [0, 0.05) is 19.3 Å². The summed E-state index contributed by atoms with van der Waals surface area (Å²) in [5.41, 5.74) is 0. The summed E-state index contributed by atoms with van der Waals surface area (Å²) < 4.78 is 39.2. The second-order valence-electron chi connectivity index (χ2n) is 16.3. The molecule has 0 saturated heterocycles. The molecule has 2 N–H and O–H groups in total. The van der Waals surface area contributed by atoms with Crippen molar-refractivity contribution in [3.63, 3.8) is 0 Å². The maximum atomic E-state index is 12.8. The fraction of sp³-hybridized carbons (Fsp3) is 0.780. The molecule has 11 nitrogen and oxygen atoms in total. The Kier molecular flexibility index (Phi) is 43.2. The topological polar surface area (TPSA) is 155 Å². The van der Waals surface area contributed by atoms with E-state index in [1.165, 1.54) is 38.5 Å². The van der Waals surface area contributed by atoms with Gasteiger partial charge in [0.1, 0.15) is 12.7 Å². The number of phosphoric acid groups is 1. The molecule has 360 valence electrons. The first kappa shape index (κ1) is 59.4. The number of rotatable bonds is 45. The average Bonchev–Trinajstić information content (AvgIpc) is 3.25. The van der Waals surface area contributed by atoms with E-state index in [2.05, 4.69) is 69.4 Å². The maximum absolute atomic E-state index is 12.8. The van der Waals surface area contributed by atoms with Gasteiger partial charge in [0.25, 0.3) is 0 Å². The van der Waals surface area contributed by atoms with E-state index in [0.29, 0.717) is 19.3 Å². The molecule has 0 spiro atoms. The van der Waals surface area contributed by atoms with Crippen molar-refractivity contribution in [2.45, 2.75) is 226 Å². The van der Waals surface area contributed by atoms with Gasteiger partial charge in [-0.3, -0.25) is 23.4 Å². The lowest BCUT2D eigenvalue weighted by atomic mass is 10.1. The molecule has 62 heavy (non-hydrogen) atoms. The summed E-state index contributed by atoms with van der Waals surface area (Å²) in [6.07, 6.45) is 43.8. The highest BCUT2D eigenvalue weighted by Crippen LogP contribution is 2.43. The molecule has 0 aliphatic carbocycles. The minimum Gasteiger partial charge on any atom is -0.462 e. The van der Waals surface area contributed by atoms with E-state index in [-0.39, 0.29) is 25.9 Å². The number of hydrogen-bond donors (Lipinski definition) is 2. The van der Waals surface area contributed by atoms with Gasteiger partial charge in [-0.05, 0) is 70.6 Å². The molecule has 0 aromatic rings. The van der Waals surface area contributed by atoms with Crippen molar-refractivity contribution in [2.24, 2.45) is 0 Å². The Bertz CT molecular complexity index is 1230. The number of carbonyl (C=O) groups is 3. The Labute approximate surface area is 377 Å². The van der Waals surface area contributed by atoms with E-state index in [0.717, 1.165) is 116 Å². The molecule has 0 radical (unpaired) electrons. The van der Waals surface area contributed by atoms with Gasteiger partial charge in [0.15, 0.2) is 6.10 Å². The van der Waals surface area contributed by atoms with Gasteiger partial charge in [-0.25, -0.2) is 4.57 Å². The van der Waals surface area contributed by atoms with Crippen LogP contribution in [0.15, 0.2) is 48.6 Å². The number of phosphoric ester groups is 1. The molecule has 12 heteroatoms. The van der Waals surface area contributed by atoms with Gasteiger partial charge >= 0.3 is 25.7 Å². The predicted molar refractivity (Wildman–Crippen MR) is 252 cm³/mol. The molecule has 0 aliphatic rings. The number of carbonyl (C=O) groups excluding carboxylic acids is 3. The first-order valence-corrected chi connectivity index (χ1v) is 26.0. The first-order chi connectivity index (χ1) is 30.2. The number of hydrogen-bond acceptors (Lipinski definition) is 10. The van der Waals surface area contributed by atoms with Crippen LogP contribution in [0.4, 0.5) is 0 Å². The van der Waals surface area contributed by atoms with Crippen LogP contribution in [0.25, 0.3) is 0 Å². The summed E-state index contributed by atoms with van der Waals surface area (Å²) in [6, 6.07) is 0. The molecule has 0 amide bonds. The van der Waals surface area contributed by atoms with Gasteiger partial charge in [-0.15, -0.1) is 0 Å². The summed E-state index contributed by atoms with van der Waals surface area (Å²) >= 11 is 0. The number of ether oxygens (including phenoxy) is 3. The smallest absolute Gasteiger partial charge is 0.462 e. The van der Waals surface area contributed by atoms with E-state index in [1.54, 1.807) is 0 Å². The Morgan fingerprint density at radius 1 is 0.452 bits per heavy atom. The van der Waals surface area contributed by atoms with E-state index >= 15 is 0 Å². The Balaban J connectivity index is 4.74. The molecule has 0 saturated carbocycles. The van der Waals surface area contributed by atoms with E-state index in [4.69, 9.17) is 23.3 Å². The lowest BCUT2D eigenvalue weighted by Crippen LogP contribution is -2.30. The number of esters is 3. The second kappa shape index (κ2) is 45.0. The molecule has 0 bridgehead atoms. The highest BCUT2D eigenvalue weighted by Gasteiger charge is 2.28. The van der Waals surface area contributed by atoms with Crippen LogP contribution in [0.3, 0.4) is 0 Å². The molecule has 0 fully saturated rings. The summed E-state index contributed by atoms with van der Waals surface area (Å²) in [5, 5.41) is 9.74. The molecular weight excluding hydrogens is 808 g/mol. The van der Waals surface area contributed by atoms with Crippen LogP contribution < -0.4 is 0 Å². The number of aliphatic hydroxyl groups excluding tert-OH is 1. The van der Waals surface area contributed by atoms with Gasteiger partial charge in [0.05, 0.1) is 19.8 Å². The van der Waals surface area contributed by atoms with Crippen LogP contribution in [0, 0.1) is 0 Å². The highest BCUT2D eigenvalue weighted by molar-refractivity contribution is 7.47. The molecular formula is C50H89O11P. The van der Waals surface area contributed by atoms with Crippen molar-refractivity contribution >= 4 is 25.7 Å². The molecule has 3 atom stereocenters. The normalized spacial score (nSPS) is 14.0. The van der Waals surface area contributed by atoms with Crippen LogP contribution in [0.5, 0.6) is 0 Å². The minimum absolute atomic E-state index is 0.152. The standard InChI is InChI=1S/C50H89O11P/c1-4-7-10-13-16-19-21-23-25-28-31-34-37-40-49(53)60-46(42-51)44-58-62(55,56)59-45-47(43-57-48(52)39-36-33-30-27-18-15-12-9-6-3)61-50(54)41-38-35-32-29-26-24-22-20-17-14-11-8-5-2/h10-11,13-14,19-22,46-47,51H,4-9,12,15-18,23-45H2,1-3H3,(H,55,56)/b13-10-,14-11-,21-19-,22-20-. The third kappa shape index (κ3) is 42.7. The number of aliphatic hydroxyl groups is 1. The molecule has 0 aliphatic heterocycles. The molecule has 0 aromatic carbocycles. The maximum Gasteiger partial charge on any atom is 0.472 e. The van der Waals surface area contributed by atoms with Gasteiger partial charge in [-0.2, -0.15) is 0 Å². The number of allylic oxidation sites excluding steroid dienone is 8. The van der Waals surface area contributed by atoms with Crippen molar-refractivity contribution in [3.8, 4) is 0 Å². The fourth-order valence-corrected chi connectivity index (χ4v) is 7.21. The minimum atomic E-state index is -4.74. The van der Waals surface area contributed by atoms with Crippen LogP contribution in [0.2, 0.25) is 0 Å². The average molecular weight is 897 g/mol. The quantitative estimate of drug-likeness (QED) is 0.0197. The van der Waals surface area contributed by atoms with E-state index < -0.39 is 57.8 Å². The van der Waals surface area contributed by atoms with Gasteiger partial charge in [-0.1, -0.05) is 172 Å². The Morgan fingerprint density at radius 3 is 1.26 bits per heavy atom. The van der Waals surface area contributed by atoms with Crippen molar-refractivity contribution < 1.29 is 52.2 Å². The zero-order chi connectivity index (χ0) is 45.6. The van der Waals surface area contributed by atoms with Crippen LogP contribution in [-0.2, 0) is 42.2 Å². The van der Waals surface area contributed by atoms with Crippen molar-refractivity contribution in [2.75, 3.05) is 26.4 Å². The van der Waals surface area contributed by atoms with Crippen LogP contribution in [0.1, 0.15) is 213 Å². The third-order valence-electron chi connectivity index (χ3n) is 10.2. The van der Waals surface area contributed by atoms with Crippen molar-refractivity contribution in [1.29, 1.82) is 0 Å². The Hall–Kier alpha value is -2.56.